The molecule has 0 aliphatic carbocycles. The van der Waals surface area contributed by atoms with E-state index in [0.717, 1.165) is 49.0 Å². The Morgan fingerprint density at radius 3 is 2.41 bits per heavy atom. The number of carbonyl (C=O) groups excluding carboxylic acids is 2. The van der Waals surface area contributed by atoms with Gasteiger partial charge in [-0.3, -0.25) is 14.5 Å². The number of nitrogens with zero attached hydrogens (tertiary/aromatic N) is 1. The zero-order valence-corrected chi connectivity index (χ0v) is 18.8. The van der Waals surface area contributed by atoms with E-state index in [1.807, 2.05) is 60.7 Å². The lowest BCUT2D eigenvalue weighted by Crippen LogP contribution is -2.38. The van der Waals surface area contributed by atoms with Gasteiger partial charge in [-0.1, -0.05) is 54.6 Å². The average molecular weight is 455 g/mol. The van der Waals surface area contributed by atoms with E-state index in [0.29, 0.717) is 29.0 Å². The number of rotatable bonds is 7. The maximum absolute atomic E-state index is 13.1. The zero-order chi connectivity index (χ0) is 23.3. The van der Waals surface area contributed by atoms with Gasteiger partial charge in [0.05, 0.1) is 13.2 Å². The second kappa shape index (κ2) is 10.0. The summed E-state index contributed by atoms with van der Waals surface area (Å²) in [7, 11) is 0. The third-order valence-corrected chi connectivity index (χ3v) is 6.11. The molecule has 34 heavy (non-hydrogen) atoms. The van der Waals surface area contributed by atoms with Crippen LogP contribution in [-0.2, 0) is 9.53 Å². The average Bonchev–Trinajstić information content (AvgIpc) is 2.89. The number of nitrogens with one attached hydrogen (secondary N) is 1. The van der Waals surface area contributed by atoms with Gasteiger partial charge in [0.25, 0.3) is 11.7 Å². The quantitative estimate of drug-likeness (QED) is 0.328. The van der Waals surface area contributed by atoms with E-state index in [-0.39, 0.29) is 0 Å². The summed E-state index contributed by atoms with van der Waals surface area (Å²) in [6.07, 6.45) is 0. The SMILES string of the molecule is O=C(Nc1ccc2ccccc2c1)C(=O)c1ccc(OCCN2CCOCC2)c2ccccc12. The molecule has 0 saturated carbocycles. The van der Waals surface area contributed by atoms with Crippen molar-refractivity contribution in [3.05, 3.63) is 84.4 Å². The molecule has 1 heterocycles. The Morgan fingerprint density at radius 1 is 0.853 bits per heavy atom. The molecule has 172 valence electrons. The Hall–Kier alpha value is -3.74. The van der Waals surface area contributed by atoms with Gasteiger partial charge in [-0.25, -0.2) is 0 Å². The first kappa shape index (κ1) is 22.1. The molecule has 0 atom stereocenters. The maximum atomic E-state index is 13.1. The third kappa shape index (κ3) is 4.78. The van der Waals surface area contributed by atoms with Gasteiger partial charge in [0.2, 0.25) is 0 Å². The molecule has 4 aromatic rings. The van der Waals surface area contributed by atoms with Gasteiger partial charge in [0, 0.05) is 36.3 Å². The Balaban J connectivity index is 1.32. The minimum atomic E-state index is -0.665. The minimum Gasteiger partial charge on any atom is -0.492 e. The summed E-state index contributed by atoms with van der Waals surface area (Å²) in [4.78, 5) is 28.2. The number of carbonyl (C=O) groups is 2. The van der Waals surface area contributed by atoms with Crippen molar-refractivity contribution in [1.82, 2.24) is 4.90 Å². The van der Waals surface area contributed by atoms with Gasteiger partial charge in [-0.15, -0.1) is 0 Å². The van der Waals surface area contributed by atoms with Crippen LogP contribution in [0.15, 0.2) is 78.9 Å². The number of hydrogen-bond donors (Lipinski definition) is 1. The predicted octanol–water partition coefficient (Wildman–Crippen LogP) is 4.53. The normalized spacial score (nSPS) is 14.2. The van der Waals surface area contributed by atoms with Gasteiger partial charge in [0.15, 0.2) is 0 Å². The van der Waals surface area contributed by atoms with Crippen molar-refractivity contribution < 1.29 is 19.1 Å². The predicted molar refractivity (Wildman–Crippen MR) is 134 cm³/mol. The molecule has 0 spiro atoms. The van der Waals surface area contributed by atoms with Crippen molar-refractivity contribution in [1.29, 1.82) is 0 Å². The van der Waals surface area contributed by atoms with Crippen LogP contribution in [0, 0.1) is 0 Å². The van der Waals surface area contributed by atoms with E-state index in [1.54, 1.807) is 18.2 Å². The number of morpholine rings is 1. The smallest absolute Gasteiger partial charge is 0.296 e. The third-order valence-electron chi connectivity index (χ3n) is 6.11. The second-order valence-corrected chi connectivity index (χ2v) is 8.30. The minimum absolute atomic E-state index is 0.356. The molecule has 0 unspecified atom stereocenters. The highest BCUT2D eigenvalue weighted by Crippen LogP contribution is 2.29. The molecule has 6 nitrogen and oxygen atoms in total. The molecule has 0 bridgehead atoms. The molecule has 1 aliphatic heterocycles. The van der Waals surface area contributed by atoms with Crippen molar-refractivity contribution in [2.75, 3.05) is 44.8 Å². The fourth-order valence-electron chi connectivity index (χ4n) is 4.28. The lowest BCUT2D eigenvalue weighted by atomic mass is 10.00. The first-order valence-electron chi connectivity index (χ1n) is 11.5. The zero-order valence-electron chi connectivity index (χ0n) is 18.8. The molecule has 6 heteroatoms. The largest absolute Gasteiger partial charge is 0.492 e. The summed E-state index contributed by atoms with van der Waals surface area (Å²) in [5.74, 6) is -0.541. The van der Waals surface area contributed by atoms with Crippen molar-refractivity contribution in [2.45, 2.75) is 0 Å². The highest BCUT2D eigenvalue weighted by molar-refractivity contribution is 6.48. The summed E-state index contributed by atoms with van der Waals surface area (Å²) in [5.41, 5.74) is 0.943. The lowest BCUT2D eigenvalue weighted by molar-refractivity contribution is -0.112. The molecule has 1 saturated heterocycles. The van der Waals surface area contributed by atoms with Crippen molar-refractivity contribution >= 4 is 38.9 Å². The molecule has 0 aromatic heterocycles. The number of Topliss-reactive ketones (excluding diaryl/α,β-unsaturated/α-hetero) is 1. The molecule has 4 aromatic carbocycles. The standard InChI is InChI=1S/C28H26N2O4/c31-27(28(32)29-22-10-9-20-5-1-2-6-21(20)19-22)25-11-12-26(24-8-4-3-7-23(24)25)34-18-15-30-13-16-33-17-14-30/h1-12,19H,13-18H2,(H,29,32). The highest BCUT2D eigenvalue weighted by Gasteiger charge is 2.20. The van der Waals surface area contributed by atoms with Crippen molar-refractivity contribution in [3.8, 4) is 5.75 Å². The Morgan fingerprint density at radius 2 is 1.59 bits per heavy atom. The van der Waals surface area contributed by atoms with E-state index >= 15 is 0 Å². The summed E-state index contributed by atoms with van der Waals surface area (Å²) >= 11 is 0. The molecular weight excluding hydrogens is 428 g/mol. The Kier molecular flexibility index (Phi) is 6.51. The van der Waals surface area contributed by atoms with Gasteiger partial charge in [-0.05, 0) is 40.4 Å². The van der Waals surface area contributed by atoms with Crippen LogP contribution in [0.4, 0.5) is 5.69 Å². The van der Waals surface area contributed by atoms with Crippen LogP contribution in [0.5, 0.6) is 5.75 Å². The summed E-state index contributed by atoms with van der Waals surface area (Å²) in [6, 6.07) is 24.4. The lowest BCUT2D eigenvalue weighted by Gasteiger charge is -2.26. The van der Waals surface area contributed by atoms with Crippen LogP contribution < -0.4 is 10.1 Å². The second-order valence-electron chi connectivity index (χ2n) is 8.30. The summed E-state index contributed by atoms with van der Waals surface area (Å²) in [6.45, 7) is 4.67. The molecule has 1 aliphatic rings. The first-order chi connectivity index (χ1) is 16.7. The molecule has 1 N–H and O–H groups in total. The van der Waals surface area contributed by atoms with Gasteiger partial charge in [-0.2, -0.15) is 0 Å². The first-order valence-corrected chi connectivity index (χ1v) is 11.5. The number of ether oxygens (including phenoxy) is 2. The monoisotopic (exact) mass is 454 g/mol. The molecule has 5 rings (SSSR count). The van der Waals surface area contributed by atoms with E-state index in [4.69, 9.17) is 9.47 Å². The Labute approximate surface area is 198 Å². The number of amides is 1. The summed E-state index contributed by atoms with van der Waals surface area (Å²) < 4.78 is 11.4. The Bertz CT molecular complexity index is 1340. The fraction of sp³-hybridized carbons (Fsp3) is 0.214. The van der Waals surface area contributed by atoms with Crippen molar-refractivity contribution in [2.24, 2.45) is 0 Å². The number of benzene rings is 4. The fourth-order valence-corrected chi connectivity index (χ4v) is 4.28. The van der Waals surface area contributed by atoms with Crippen LogP contribution in [-0.4, -0.2) is 56.0 Å². The van der Waals surface area contributed by atoms with Crippen LogP contribution in [0.2, 0.25) is 0 Å². The highest BCUT2D eigenvalue weighted by atomic mass is 16.5. The van der Waals surface area contributed by atoms with Crippen LogP contribution in [0.1, 0.15) is 10.4 Å². The van der Waals surface area contributed by atoms with E-state index in [1.165, 1.54) is 0 Å². The summed E-state index contributed by atoms with van der Waals surface area (Å²) in [5, 5.41) is 6.33. The van der Waals surface area contributed by atoms with Crippen LogP contribution in [0.3, 0.4) is 0 Å². The van der Waals surface area contributed by atoms with Gasteiger partial charge < -0.3 is 14.8 Å². The molecule has 0 radical (unpaired) electrons. The van der Waals surface area contributed by atoms with Gasteiger partial charge >= 0.3 is 0 Å². The maximum Gasteiger partial charge on any atom is 0.296 e. The van der Waals surface area contributed by atoms with Gasteiger partial charge in [0.1, 0.15) is 12.4 Å². The van der Waals surface area contributed by atoms with Crippen LogP contribution in [0.25, 0.3) is 21.5 Å². The number of fused-ring (bicyclic) bond motifs is 2. The number of hydrogen-bond acceptors (Lipinski definition) is 5. The number of anilines is 1. The van der Waals surface area contributed by atoms with E-state index in [9.17, 15) is 9.59 Å². The van der Waals surface area contributed by atoms with Crippen LogP contribution >= 0.6 is 0 Å². The molecule has 1 fully saturated rings. The van der Waals surface area contributed by atoms with E-state index in [2.05, 4.69) is 10.2 Å². The van der Waals surface area contributed by atoms with Crippen molar-refractivity contribution in [3.63, 3.8) is 0 Å². The van der Waals surface area contributed by atoms with E-state index < -0.39 is 11.7 Å². The number of ketones is 1. The molecule has 1 amide bonds. The molecular formula is C28H26N2O4. The topological polar surface area (TPSA) is 67.9 Å².